The average molecular weight is 551 g/mol. The van der Waals surface area contributed by atoms with Gasteiger partial charge in [0.2, 0.25) is 0 Å². The Balaban J connectivity index is -0.000000402. The first kappa shape index (κ1) is 37.3. The molecule has 0 spiro atoms. The van der Waals surface area contributed by atoms with Gasteiger partial charge in [0.05, 0.1) is 0 Å². The van der Waals surface area contributed by atoms with E-state index in [1.165, 1.54) is 33.4 Å². The minimum Gasteiger partial charge on any atom is -0.498 e. The number of carbonyl (C=O) groups is 1. The van der Waals surface area contributed by atoms with Gasteiger partial charge in [0.1, 0.15) is 28.6 Å². The minimum absolute atomic E-state index is 0. The second-order valence-electron chi connectivity index (χ2n) is 7.89. The molecule has 0 aliphatic heterocycles. The molecule has 0 saturated carbocycles. The van der Waals surface area contributed by atoms with Crippen molar-refractivity contribution in [1.82, 2.24) is 4.98 Å². The van der Waals surface area contributed by atoms with Crippen LogP contribution in [0.15, 0.2) is 51.2 Å². The van der Waals surface area contributed by atoms with Crippen LogP contribution in [0.25, 0.3) is 0 Å². The predicted octanol–water partition coefficient (Wildman–Crippen LogP) is 4.50. The third-order valence-corrected chi connectivity index (χ3v) is 4.84. The van der Waals surface area contributed by atoms with E-state index in [1.807, 2.05) is 37.2 Å². The Morgan fingerprint density at radius 2 is 1.28 bits per heavy atom. The number of hydrogen-bond donors (Lipinski definition) is 4. The summed E-state index contributed by atoms with van der Waals surface area (Å²) in [6, 6.07) is 3.94. The Hall–Kier alpha value is -3.25. The van der Waals surface area contributed by atoms with Gasteiger partial charge < -0.3 is 31.8 Å². The van der Waals surface area contributed by atoms with Crippen LogP contribution in [-0.2, 0) is 21.6 Å². The van der Waals surface area contributed by atoms with E-state index < -0.39 is 0 Å². The van der Waals surface area contributed by atoms with E-state index >= 15 is 0 Å². The van der Waals surface area contributed by atoms with E-state index in [2.05, 4.69) is 38.6 Å². The Kier molecular flexibility index (Phi) is 23.0. The number of allylic oxidation sites excluding steroid dienone is 2. The molecule has 11 nitrogen and oxygen atoms in total. The van der Waals surface area contributed by atoms with Crippen LogP contribution in [0.1, 0.15) is 54.4 Å². The fourth-order valence-corrected chi connectivity index (χ4v) is 2.27. The summed E-state index contributed by atoms with van der Waals surface area (Å²) in [6.07, 6.45) is 10.7. The van der Waals surface area contributed by atoms with Crippen molar-refractivity contribution >= 4 is 34.3 Å². The SMILES string of the molecule is CC(=N\O)/C(C)=N/O.CC(=N\O)/C(C)=N/O.CC(=O)[C@H]1CC=[C-][C@H](C)C1.CN(C)c1ccncc1.[Co]. The molecule has 1 aromatic rings. The molecule has 1 radical (unpaired) electrons. The molecule has 36 heavy (non-hydrogen) atoms. The zero-order valence-corrected chi connectivity index (χ0v) is 23.2. The first-order valence-electron chi connectivity index (χ1n) is 10.9. The van der Waals surface area contributed by atoms with Crippen molar-refractivity contribution in [2.24, 2.45) is 32.5 Å². The first-order chi connectivity index (χ1) is 16.4. The van der Waals surface area contributed by atoms with Crippen LogP contribution in [0.3, 0.4) is 0 Å². The molecule has 2 atom stereocenters. The molecule has 4 N–H and O–H groups in total. The summed E-state index contributed by atoms with van der Waals surface area (Å²) in [4.78, 5) is 16.8. The van der Waals surface area contributed by atoms with Crippen molar-refractivity contribution in [2.45, 2.75) is 54.4 Å². The average Bonchev–Trinajstić information content (AvgIpc) is 2.88. The maximum Gasteiger partial charge on any atom is 0.133 e. The van der Waals surface area contributed by atoms with E-state index in [-0.39, 0.29) is 22.7 Å². The molecule has 2 rings (SSSR count). The number of rotatable bonds is 4. The van der Waals surface area contributed by atoms with Crippen molar-refractivity contribution < 1.29 is 42.4 Å². The molecule has 0 aromatic carbocycles. The van der Waals surface area contributed by atoms with Crippen LogP contribution in [-0.4, -0.2) is 68.5 Å². The van der Waals surface area contributed by atoms with Crippen molar-refractivity contribution in [2.75, 3.05) is 19.0 Å². The summed E-state index contributed by atoms with van der Waals surface area (Å²) in [5.74, 6) is 1.07. The van der Waals surface area contributed by atoms with Gasteiger partial charge in [-0.15, -0.1) is 0 Å². The van der Waals surface area contributed by atoms with Gasteiger partial charge in [0.15, 0.2) is 0 Å². The molecule has 0 bridgehead atoms. The van der Waals surface area contributed by atoms with Crippen molar-refractivity contribution in [3.8, 4) is 0 Å². The summed E-state index contributed by atoms with van der Waals surface area (Å²) >= 11 is 0. The van der Waals surface area contributed by atoms with Gasteiger partial charge in [-0.2, -0.15) is 5.92 Å². The maximum atomic E-state index is 10.9. The quantitative estimate of drug-likeness (QED) is 0.186. The number of nitrogens with zero attached hydrogens (tertiary/aromatic N) is 6. The molecule has 0 amide bonds. The summed E-state index contributed by atoms with van der Waals surface area (Å²) in [6.45, 7) is 9.93. The molecule has 1 heterocycles. The number of aromatic nitrogens is 1. The zero-order valence-electron chi connectivity index (χ0n) is 22.2. The smallest absolute Gasteiger partial charge is 0.133 e. The minimum atomic E-state index is 0. The van der Waals surface area contributed by atoms with Crippen LogP contribution >= 0.6 is 0 Å². The summed E-state index contributed by atoms with van der Waals surface area (Å²) in [7, 11) is 4.02. The normalized spacial score (nSPS) is 17.6. The molecule has 0 saturated heterocycles. The summed E-state index contributed by atoms with van der Waals surface area (Å²) in [5.41, 5.74) is 2.44. The van der Waals surface area contributed by atoms with Gasteiger partial charge in [0.25, 0.3) is 0 Å². The number of carbonyl (C=O) groups excluding carboxylic acids is 1. The van der Waals surface area contributed by atoms with Gasteiger partial charge in [-0.3, -0.25) is 15.9 Å². The molecule has 12 heteroatoms. The number of Topliss-reactive ketones (excluding diaryl/α,β-unsaturated/α-hetero) is 1. The number of anilines is 1. The van der Waals surface area contributed by atoms with Gasteiger partial charge in [-0.05, 0) is 46.8 Å². The van der Waals surface area contributed by atoms with Crippen molar-refractivity contribution in [1.29, 1.82) is 0 Å². The summed E-state index contributed by atoms with van der Waals surface area (Å²) in [5, 5.41) is 43.3. The molecule has 0 fully saturated rings. The second kappa shape index (κ2) is 22.2. The topological polar surface area (TPSA) is 164 Å². The molecule has 205 valence electrons. The van der Waals surface area contributed by atoms with Gasteiger partial charge >= 0.3 is 0 Å². The Labute approximate surface area is 224 Å². The van der Waals surface area contributed by atoms with Crippen LogP contribution in [0.5, 0.6) is 0 Å². The Bertz CT molecular complexity index is 822. The molecule has 1 aromatic heterocycles. The number of hydrogen-bond acceptors (Lipinski definition) is 11. The standard InChI is InChI=1S/C9H13O.C7H10N2.2C4H8N2O2.Co/c1-7-4-3-5-9(6-7)8(2)10;1-9(2)7-3-5-8-6-4-7;2*1-3(5-7)4(2)6-8;/h3,7,9H,5-6H2,1-2H3;3-6H,1-2H3;2*7-8H,1-2H3;/q-1;;;;/b;;2*5-3+,6-4+;/t7-,9-;;;;/m0..../s1. The fourth-order valence-electron chi connectivity index (χ4n) is 2.27. The van der Waals surface area contributed by atoms with Crippen LogP contribution in [0.4, 0.5) is 5.69 Å². The summed E-state index contributed by atoms with van der Waals surface area (Å²) < 4.78 is 0. The van der Waals surface area contributed by atoms with E-state index in [0.29, 0.717) is 34.5 Å². The number of oxime groups is 4. The van der Waals surface area contributed by atoms with Gasteiger partial charge in [-0.1, -0.05) is 40.4 Å². The molecular weight excluding hydrogens is 511 g/mol. The predicted molar refractivity (Wildman–Crippen MR) is 139 cm³/mol. The Morgan fingerprint density at radius 1 is 0.889 bits per heavy atom. The van der Waals surface area contributed by atoms with Crippen LogP contribution in [0, 0.1) is 17.9 Å². The largest absolute Gasteiger partial charge is 0.498 e. The van der Waals surface area contributed by atoms with E-state index in [4.69, 9.17) is 20.8 Å². The van der Waals surface area contributed by atoms with E-state index in [9.17, 15) is 4.79 Å². The fraction of sp³-hybridized carbons (Fsp3) is 0.500. The maximum absolute atomic E-state index is 10.9. The van der Waals surface area contributed by atoms with Crippen molar-refractivity contribution in [3.05, 3.63) is 36.7 Å². The van der Waals surface area contributed by atoms with Crippen LogP contribution < -0.4 is 4.90 Å². The third-order valence-electron chi connectivity index (χ3n) is 4.84. The number of pyridine rings is 1. The number of ketones is 1. The second-order valence-corrected chi connectivity index (χ2v) is 7.89. The van der Waals surface area contributed by atoms with Gasteiger partial charge in [0, 0.05) is 54.9 Å². The zero-order chi connectivity index (χ0) is 27.4. The third kappa shape index (κ3) is 18.1. The van der Waals surface area contributed by atoms with E-state index in [1.54, 1.807) is 19.3 Å². The monoisotopic (exact) mass is 550 g/mol. The first-order valence-corrected chi connectivity index (χ1v) is 10.9. The molecular formula is C24H39CoN6O5-. The molecule has 0 unspecified atom stereocenters. The van der Waals surface area contributed by atoms with Crippen molar-refractivity contribution in [3.63, 3.8) is 0 Å². The van der Waals surface area contributed by atoms with Crippen LogP contribution in [0.2, 0.25) is 0 Å². The van der Waals surface area contributed by atoms with Gasteiger partial charge in [-0.25, -0.2) is 0 Å². The van der Waals surface area contributed by atoms with E-state index in [0.717, 1.165) is 12.8 Å². The molecule has 1 aliphatic rings. The Morgan fingerprint density at radius 3 is 1.50 bits per heavy atom. The molecule has 1 aliphatic carbocycles.